The zero-order valence-electron chi connectivity index (χ0n) is 11.0. The number of carboxylic acid groups (broad SMARTS) is 1. The maximum Gasteiger partial charge on any atom is 0.377 e. The average molecular weight is 341 g/mol. The Hall–Kier alpha value is -1.56. The van der Waals surface area contributed by atoms with E-state index >= 15 is 0 Å². The maximum atomic E-state index is 12.0. The molecule has 0 fully saturated rings. The predicted octanol–water partition coefficient (Wildman–Crippen LogP) is 2.36. The Morgan fingerprint density at radius 3 is 2.25 bits per heavy atom. The van der Waals surface area contributed by atoms with E-state index in [0.717, 1.165) is 10.0 Å². The van der Waals surface area contributed by atoms with E-state index in [1.807, 2.05) is 13.8 Å². The quantitative estimate of drug-likeness (QED) is 0.660. The molecular weight excluding hydrogens is 328 g/mol. The minimum Gasteiger partial charge on any atom is -0.489 e. The number of Topliss-reactive ketones (excluding diaryl/α,β-unsaturated/α-hetero) is 1. The second-order valence-electron chi connectivity index (χ2n) is 5.20. The molecule has 0 radical (unpaired) electrons. The van der Waals surface area contributed by atoms with Gasteiger partial charge in [-0.1, -0.05) is 0 Å². The summed E-state index contributed by atoms with van der Waals surface area (Å²) in [5.74, 6) is -1.43. The highest BCUT2D eigenvalue weighted by atomic mass is 79.9. The first-order valence-electron chi connectivity index (χ1n) is 6.38. The highest BCUT2D eigenvalue weighted by Gasteiger charge is 2.38. The molecule has 2 atom stereocenters. The number of aliphatic carboxylic acids is 1. The van der Waals surface area contributed by atoms with Crippen LogP contribution in [-0.4, -0.2) is 29.1 Å². The minimum atomic E-state index is -1.47. The van der Waals surface area contributed by atoms with E-state index in [4.69, 9.17) is 14.6 Å². The highest BCUT2D eigenvalue weighted by Crippen LogP contribution is 2.49. The molecule has 2 aliphatic heterocycles. The van der Waals surface area contributed by atoms with Crippen LogP contribution >= 0.6 is 15.9 Å². The van der Waals surface area contributed by atoms with Crippen molar-refractivity contribution in [3.05, 3.63) is 21.2 Å². The Kier molecular flexibility index (Phi) is 3.01. The van der Waals surface area contributed by atoms with Gasteiger partial charge in [-0.3, -0.25) is 4.79 Å². The third kappa shape index (κ3) is 1.82. The normalized spacial score (nSPS) is 22.8. The van der Waals surface area contributed by atoms with Gasteiger partial charge >= 0.3 is 5.97 Å². The van der Waals surface area contributed by atoms with Gasteiger partial charge < -0.3 is 14.6 Å². The number of halogens is 1. The predicted molar refractivity (Wildman–Crippen MR) is 73.7 cm³/mol. The van der Waals surface area contributed by atoms with Crippen molar-refractivity contribution < 1.29 is 24.2 Å². The van der Waals surface area contributed by atoms with Crippen LogP contribution in [0.1, 0.15) is 35.3 Å². The van der Waals surface area contributed by atoms with Crippen LogP contribution in [0, 0.1) is 0 Å². The van der Waals surface area contributed by atoms with Crippen LogP contribution in [0.25, 0.3) is 0 Å². The zero-order chi connectivity index (χ0) is 14.6. The van der Waals surface area contributed by atoms with Gasteiger partial charge in [0.15, 0.2) is 0 Å². The molecule has 0 saturated heterocycles. The third-order valence-electron chi connectivity index (χ3n) is 3.58. The molecule has 6 heteroatoms. The van der Waals surface area contributed by atoms with E-state index in [-0.39, 0.29) is 17.8 Å². The van der Waals surface area contributed by atoms with Gasteiger partial charge in [-0.15, -0.1) is 0 Å². The number of ketones is 1. The molecule has 1 aromatic rings. The molecule has 0 amide bonds. The van der Waals surface area contributed by atoms with Crippen molar-refractivity contribution in [1.29, 1.82) is 0 Å². The number of carbonyl (C=O) groups is 2. The van der Waals surface area contributed by atoms with Crippen molar-refractivity contribution in [3.8, 4) is 11.5 Å². The number of ether oxygens (including phenoxy) is 2. The van der Waals surface area contributed by atoms with Crippen LogP contribution in [0.5, 0.6) is 11.5 Å². The number of hydrogen-bond acceptors (Lipinski definition) is 4. The summed E-state index contributed by atoms with van der Waals surface area (Å²) in [6, 6.07) is 0. The molecule has 0 saturated carbocycles. The van der Waals surface area contributed by atoms with E-state index in [9.17, 15) is 9.59 Å². The fourth-order valence-corrected chi connectivity index (χ4v) is 3.48. The summed E-state index contributed by atoms with van der Waals surface area (Å²) >= 11 is 3.49. The Bertz CT molecular complexity index is 598. The Morgan fingerprint density at radius 2 is 1.65 bits per heavy atom. The molecule has 20 heavy (non-hydrogen) atoms. The molecule has 0 spiro atoms. The summed E-state index contributed by atoms with van der Waals surface area (Å²) in [4.78, 5) is 23.1. The van der Waals surface area contributed by atoms with Gasteiger partial charge in [-0.2, -0.15) is 0 Å². The van der Waals surface area contributed by atoms with E-state index < -0.39 is 11.8 Å². The van der Waals surface area contributed by atoms with Crippen LogP contribution < -0.4 is 9.47 Å². The first kappa shape index (κ1) is 13.4. The van der Waals surface area contributed by atoms with Crippen LogP contribution in [0.15, 0.2) is 4.47 Å². The summed E-state index contributed by atoms with van der Waals surface area (Å²) in [5.41, 5.74) is 1.60. The molecule has 5 nitrogen and oxygen atoms in total. The molecule has 2 heterocycles. The fraction of sp³-hybridized carbons (Fsp3) is 0.429. The van der Waals surface area contributed by atoms with Gasteiger partial charge in [0.25, 0.3) is 5.78 Å². The van der Waals surface area contributed by atoms with Crippen molar-refractivity contribution in [2.24, 2.45) is 0 Å². The van der Waals surface area contributed by atoms with E-state index in [1.165, 1.54) is 0 Å². The molecule has 1 aromatic carbocycles. The van der Waals surface area contributed by atoms with Gasteiger partial charge in [-0.05, 0) is 29.8 Å². The van der Waals surface area contributed by atoms with Crippen molar-refractivity contribution >= 4 is 27.7 Å². The van der Waals surface area contributed by atoms with Gasteiger partial charge in [0.1, 0.15) is 23.7 Å². The Labute approximate surface area is 124 Å². The van der Waals surface area contributed by atoms with E-state index in [2.05, 4.69) is 15.9 Å². The Morgan fingerprint density at radius 1 is 1.10 bits per heavy atom. The molecular formula is C14H13BrO5. The first-order chi connectivity index (χ1) is 9.40. The largest absolute Gasteiger partial charge is 0.489 e. The third-order valence-corrected chi connectivity index (χ3v) is 4.42. The maximum absolute atomic E-state index is 12.0. The summed E-state index contributed by atoms with van der Waals surface area (Å²) in [7, 11) is 0. The van der Waals surface area contributed by atoms with Gasteiger partial charge in [0.05, 0.1) is 10.0 Å². The second kappa shape index (κ2) is 4.48. The van der Waals surface area contributed by atoms with Crippen molar-refractivity contribution in [2.75, 3.05) is 0 Å². The Balaban J connectivity index is 2.28. The second-order valence-corrected chi connectivity index (χ2v) is 6.00. The highest BCUT2D eigenvalue weighted by molar-refractivity contribution is 9.10. The fourth-order valence-electron chi connectivity index (χ4n) is 2.81. The lowest BCUT2D eigenvalue weighted by molar-refractivity contribution is -0.131. The monoisotopic (exact) mass is 340 g/mol. The number of hydrogen-bond donors (Lipinski definition) is 1. The lowest BCUT2D eigenvalue weighted by Gasteiger charge is -2.13. The van der Waals surface area contributed by atoms with Crippen LogP contribution in [0.2, 0.25) is 0 Å². The van der Waals surface area contributed by atoms with Crippen molar-refractivity contribution in [3.63, 3.8) is 0 Å². The van der Waals surface area contributed by atoms with Crippen LogP contribution in [0.3, 0.4) is 0 Å². The lowest BCUT2D eigenvalue weighted by Crippen LogP contribution is -2.17. The molecule has 0 bridgehead atoms. The first-order valence-corrected chi connectivity index (χ1v) is 7.17. The van der Waals surface area contributed by atoms with Gasteiger partial charge in [-0.25, -0.2) is 4.79 Å². The van der Waals surface area contributed by atoms with E-state index in [0.29, 0.717) is 29.9 Å². The van der Waals surface area contributed by atoms with Crippen LogP contribution in [0.4, 0.5) is 0 Å². The summed E-state index contributed by atoms with van der Waals surface area (Å²) < 4.78 is 12.2. The van der Waals surface area contributed by atoms with Crippen molar-refractivity contribution in [2.45, 2.75) is 38.9 Å². The lowest BCUT2D eigenvalue weighted by atomic mass is 9.95. The van der Waals surface area contributed by atoms with Gasteiger partial charge in [0.2, 0.25) is 0 Å². The standard InChI is InChI=1S/C14H13BrO5/c1-5-3-7-9(11(16)14(17)18)12-8(4-6(2)19-12)10(15)13(7)20-5/h5-6H,3-4H2,1-2H3,(H,17,18). The van der Waals surface area contributed by atoms with Crippen LogP contribution in [-0.2, 0) is 17.6 Å². The summed E-state index contributed by atoms with van der Waals surface area (Å²) in [6.07, 6.45) is 0.969. The molecule has 2 unspecified atom stereocenters. The SMILES string of the molecule is CC1Cc2c(c(Br)c3c(c2C(=O)C(=O)O)OC(C)C3)O1. The molecule has 106 valence electrons. The summed E-state index contributed by atoms with van der Waals surface area (Å²) in [5, 5.41) is 9.04. The minimum absolute atomic E-state index is 0.0819. The van der Waals surface area contributed by atoms with Gasteiger partial charge in [0, 0.05) is 24.0 Å². The molecule has 1 N–H and O–H groups in total. The van der Waals surface area contributed by atoms with E-state index in [1.54, 1.807) is 0 Å². The molecule has 2 aliphatic rings. The smallest absolute Gasteiger partial charge is 0.377 e. The topological polar surface area (TPSA) is 72.8 Å². The number of carbonyl (C=O) groups excluding carboxylic acids is 1. The summed E-state index contributed by atoms with van der Waals surface area (Å²) in [6.45, 7) is 3.77. The zero-order valence-corrected chi connectivity index (χ0v) is 12.6. The number of benzene rings is 1. The molecule has 0 aliphatic carbocycles. The molecule has 3 rings (SSSR count). The molecule has 0 aromatic heterocycles. The number of rotatable bonds is 2. The van der Waals surface area contributed by atoms with Crippen molar-refractivity contribution in [1.82, 2.24) is 0 Å². The number of fused-ring (bicyclic) bond motifs is 2. The average Bonchev–Trinajstić information content (AvgIpc) is 2.92. The number of carboxylic acids is 1.